The Morgan fingerprint density at radius 3 is 2.41 bits per heavy atom. The van der Waals surface area contributed by atoms with E-state index in [1.807, 2.05) is 13.0 Å². The molecule has 4 rings (SSSR count). The summed E-state index contributed by atoms with van der Waals surface area (Å²) in [5.41, 5.74) is 4.17. The number of rotatable bonds is 7. The van der Waals surface area contributed by atoms with Crippen molar-refractivity contribution in [2.75, 3.05) is 10.8 Å². The topological polar surface area (TPSA) is 66.5 Å². The lowest BCUT2D eigenvalue weighted by Gasteiger charge is -2.25. The molecule has 1 aliphatic rings. The van der Waals surface area contributed by atoms with Gasteiger partial charge in [0.15, 0.2) is 0 Å². The second-order valence-corrected chi connectivity index (χ2v) is 10.8. The lowest BCUT2D eigenvalue weighted by atomic mass is 10.0. The van der Waals surface area contributed by atoms with E-state index in [4.69, 9.17) is 0 Å². The maximum absolute atomic E-state index is 13.4. The lowest BCUT2D eigenvalue weighted by molar-refractivity contribution is -0.120. The predicted octanol–water partition coefficient (Wildman–Crippen LogP) is 5.01. The van der Waals surface area contributed by atoms with Crippen molar-refractivity contribution in [2.45, 2.75) is 37.1 Å². The Balaban J connectivity index is 1.56. The summed E-state index contributed by atoms with van der Waals surface area (Å²) in [6, 6.07) is 21.2. The number of nitrogens with one attached hydrogen (secondary N) is 1. The highest BCUT2D eigenvalue weighted by atomic mass is 79.9. The van der Waals surface area contributed by atoms with Gasteiger partial charge >= 0.3 is 0 Å². The first-order valence-corrected chi connectivity index (χ1v) is 12.8. The van der Waals surface area contributed by atoms with E-state index >= 15 is 0 Å². The predicted molar refractivity (Wildman–Crippen MR) is 130 cm³/mol. The Morgan fingerprint density at radius 1 is 1.00 bits per heavy atom. The first kappa shape index (κ1) is 22.6. The Bertz CT molecular complexity index is 1210. The first-order valence-electron chi connectivity index (χ1n) is 10.6. The highest BCUT2D eigenvalue weighted by Crippen LogP contribution is 2.27. The quantitative estimate of drug-likeness (QED) is 0.483. The third kappa shape index (κ3) is 4.89. The summed E-state index contributed by atoms with van der Waals surface area (Å²) in [6.07, 6.45) is 3.34. The van der Waals surface area contributed by atoms with Gasteiger partial charge in [0.25, 0.3) is 10.0 Å². The summed E-state index contributed by atoms with van der Waals surface area (Å²) < 4.78 is 28.7. The van der Waals surface area contributed by atoms with Crippen molar-refractivity contribution in [3.05, 3.63) is 94.0 Å². The number of nitrogens with zero attached hydrogens (tertiary/aromatic N) is 1. The van der Waals surface area contributed by atoms with Crippen molar-refractivity contribution < 1.29 is 13.2 Å². The van der Waals surface area contributed by atoms with E-state index in [2.05, 4.69) is 33.4 Å². The minimum absolute atomic E-state index is 0.141. The van der Waals surface area contributed by atoms with Crippen molar-refractivity contribution in [3.63, 3.8) is 0 Å². The second-order valence-electron chi connectivity index (χ2n) is 7.97. The van der Waals surface area contributed by atoms with Gasteiger partial charge in [-0.05, 0) is 79.3 Å². The molecule has 0 saturated heterocycles. The van der Waals surface area contributed by atoms with Gasteiger partial charge in [-0.1, -0.05) is 52.3 Å². The molecule has 0 aromatic heterocycles. The summed E-state index contributed by atoms with van der Waals surface area (Å²) in [7, 11) is -3.91. The van der Waals surface area contributed by atoms with Crippen molar-refractivity contribution in [3.8, 4) is 0 Å². The average molecular weight is 513 g/mol. The Kier molecular flexibility index (Phi) is 6.67. The molecule has 3 aromatic carbocycles. The van der Waals surface area contributed by atoms with Crippen LogP contribution in [0, 0.1) is 0 Å². The fraction of sp³-hybridized carbons (Fsp3) is 0.240. The zero-order valence-corrected chi connectivity index (χ0v) is 20.2. The number of amides is 1. The van der Waals surface area contributed by atoms with Gasteiger partial charge in [0, 0.05) is 4.47 Å². The van der Waals surface area contributed by atoms with E-state index in [0.717, 1.165) is 27.2 Å². The molecule has 1 N–H and O–H groups in total. The first-order chi connectivity index (χ1) is 15.3. The van der Waals surface area contributed by atoms with E-state index in [1.165, 1.54) is 29.7 Å². The standard InChI is InChI=1S/C25H25BrN2O3S/c1-18(20-11-10-19-6-5-7-21(19)16-20)27-25(29)17-28(23-14-12-22(26)13-15-23)32(30,31)24-8-3-2-4-9-24/h2-4,8-16,18H,5-7,17H2,1H3,(H,27,29)/t18-/m0/s1. The summed E-state index contributed by atoms with van der Waals surface area (Å²) in [5.74, 6) is -0.361. The van der Waals surface area contributed by atoms with Gasteiger partial charge in [-0.15, -0.1) is 0 Å². The highest BCUT2D eigenvalue weighted by Gasteiger charge is 2.27. The van der Waals surface area contributed by atoms with E-state index in [0.29, 0.717) is 5.69 Å². The fourth-order valence-corrected chi connectivity index (χ4v) is 5.71. The number of hydrogen-bond acceptors (Lipinski definition) is 3. The van der Waals surface area contributed by atoms with Gasteiger partial charge in [-0.3, -0.25) is 9.10 Å². The molecule has 0 spiro atoms. The van der Waals surface area contributed by atoms with Crippen LogP contribution in [-0.4, -0.2) is 20.9 Å². The maximum Gasteiger partial charge on any atom is 0.264 e. The molecular formula is C25H25BrN2O3S. The summed E-state index contributed by atoms with van der Waals surface area (Å²) in [6.45, 7) is 1.61. The molecule has 0 fully saturated rings. The van der Waals surface area contributed by atoms with E-state index in [9.17, 15) is 13.2 Å². The van der Waals surface area contributed by atoms with E-state index in [-0.39, 0.29) is 23.4 Å². The highest BCUT2D eigenvalue weighted by molar-refractivity contribution is 9.10. The van der Waals surface area contributed by atoms with E-state index < -0.39 is 10.0 Å². The molecule has 32 heavy (non-hydrogen) atoms. The number of halogens is 1. The molecule has 1 atom stereocenters. The molecule has 0 saturated carbocycles. The minimum atomic E-state index is -3.91. The van der Waals surface area contributed by atoms with Crippen LogP contribution in [0.25, 0.3) is 0 Å². The molecular weight excluding hydrogens is 488 g/mol. The summed E-state index contributed by atoms with van der Waals surface area (Å²) >= 11 is 3.37. The number of aryl methyl sites for hydroxylation is 2. The second kappa shape index (κ2) is 9.46. The molecule has 0 unspecified atom stereocenters. The molecule has 7 heteroatoms. The van der Waals surface area contributed by atoms with Crippen molar-refractivity contribution in [2.24, 2.45) is 0 Å². The van der Waals surface area contributed by atoms with Gasteiger partial charge in [-0.2, -0.15) is 0 Å². The molecule has 1 amide bonds. The molecule has 1 aliphatic carbocycles. The van der Waals surface area contributed by atoms with Gasteiger partial charge in [0.2, 0.25) is 5.91 Å². The summed E-state index contributed by atoms with van der Waals surface area (Å²) in [5, 5.41) is 2.97. The summed E-state index contributed by atoms with van der Waals surface area (Å²) in [4.78, 5) is 13.1. The molecule has 0 heterocycles. The van der Waals surface area contributed by atoms with Crippen LogP contribution in [0.5, 0.6) is 0 Å². The van der Waals surface area contributed by atoms with Crippen molar-refractivity contribution in [1.82, 2.24) is 5.32 Å². The van der Waals surface area contributed by atoms with Gasteiger partial charge in [-0.25, -0.2) is 8.42 Å². The normalized spacial score (nSPS) is 13.9. The molecule has 166 valence electrons. The van der Waals surface area contributed by atoms with Crippen molar-refractivity contribution in [1.29, 1.82) is 0 Å². The number of carbonyl (C=O) groups is 1. The number of benzene rings is 3. The zero-order valence-electron chi connectivity index (χ0n) is 17.8. The van der Waals surface area contributed by atoms with Crippen LogP contribution in [-0.2, 0) is 27.7 Å². The Morgan fingerprint density at radius 2 is 1.69 bits per heavy atom. The van der Waals surface area contributed by atoms with Crippen LogP contribution in [0.1, 0.15) is 36.1 Å². The van der Waals surface area contributed by atoms with Crippen molar-refractivity contribution >= 4 is 37.5 Å². The zero-order chi connectivity index (χ0) is 22.7. The molecule has 0 bridgehead atoms. The van der Waals surface area contributed by atoms with Gasteiger partial charge in [0.05, 0.1) is 16.6 Å². The maximum atomic E-state index is 13.4. The molecule has 0 aliphatic heterocycles. The smallest absolute Gasteiger partial charge is 0.264 e. The van der Waals surface area contributed by atoms with Crippen LogP contribution >= 0.6 is 15.9 Å². The van der Waals surface area contributed by atoms with Gasteiger partial charge < -0.3 is 5.32 Å². The molecule has 3 aromatic rings. The van der Waals surface area contributed by atoms with Crippen LogP contribution in [0.4, 0.5) is 5.69 Å². The average Bonchev–Trinajstić information content (AvgIpc) is 3.26. The van der Waals surface area contributed by atoms with Crippen LogP contribution in [0.2, 0.25) is 0 Å². The number of anilines is 1. The van der Waals surface area contributed by atoms with Crippen LogP contribution in [0.3, 0.4) is 0 Å². The van der Waals surface area contributed by atoms with Crippen LogP contribution < -0.4 is 9.62 Å². The Hall–Kier alpha value is -2.64. The molecule has 0 radical (unpaired) electrons. The number of fused-ring (bicyclic) bond motifs is 1. The Labute approximate surface area is 197 Å². The number of carbonyl (C=O) groups excluding carboxylic acids is 1. The fourth-order valence-electron chi connectivity index (χ4n) is 4.00. The van der Waals surface area contributed by atoms with Crippen LogP contribution in [0.15, 0.2) is 82.2 Å². The third-order valence-electron chi connectivity index (χ3n) is 5.73. The number of sulfonamides is 1. The minimum Gasteiger partial charge on any atom is -0.348 e. The van der Waals surface area contributed by atoms with Gasteiger partial charge in [0.1, 0.15) is 6.54 Å². The lowest BCUT2D eigenvalue weighted by Crippen LogP contribution is -2.41. The molecule has 5 nitrogen and oxygen atoms in total. The third-order valence-corrected chi connectivity index (χ3v) is 8.05. The van der Waals surface area contributed by atoms with E-state index in [1.54, 1.807) is 42.5 Å². The SMILES string of the molecule is C[C@H](NC(=O)CN(c1ccc(Br)cc1)S(=O)(=O)c1ccccc1)c1ccc2c(c1)CCC2. The monoisotopic (exact) mass is 512 g/mol. The number of hydrogen-bond donors (Lipinski definition) is 1. The largest absolute Gasteiger partial charge is 0.348 e.